The predicted molar refractivity (Wildman–Crippen MR) is 123 cm³/mol. The quantitative estimate of drug-likeness (QED) is 0.585. The van der Waals surface area contributed by atoms with E-state index in [0.717, 1.165) is 11.3 Å². The molecule has 2 aromatic carbocycles. The lowest BCUT2D eigenvalue weighted by Gasteiger charge is -2.30. The molecule has 32 heavy (non-hydrogen) atoms. The van der Waals surface area contributed by atoms with E-state index in [1.807, 2.05) is 42.5 Å². The Morgan fingerprint density at radius 2 is 1.72 bits per heavy atom. The van der Waals surface area contributed by atoms with Crippen LogP contribution >= 0.6 is 0 Å². The van der Waals surface area contributed by atoms with Crippen LogP contribution in [0.25, 0.3) is 0 Å². The van der Waals surface area contributed by atoms with Gasteiger partial charge in [0.15, 0.2) is 0 Å². The maximum Gasteiger partial charge on any atom is 0.253 e. The Kier molecular flexibility index (Phi) is 4.78. The summed E-state index contributed by atoms with van der Waals surface area (Å²) in [5, 5.41) is 3.53. The van der Waals surface area contributed by atoms with Gasteiger partial charge in [-0.1, -0.05) is 56.3 Å². The number of para-hydroxylation sites is 2. The summed E-state index contributed by atoms with van der Waals surface area (Å²) < 4.78 is 0. The zero-order valence-corrected chi connectivity index (χ0v) is 18.3. The highest BCUT2D eigenvalue weighted by atomic mass is 16.2. The van der Waals surface area contributed by atoms with Gasteiger partial charge in [0.1, 0.15) is 5.54 Å². The molecule has 2 fully saturated rings. The summed E-state index contributed by atoms with van der Waals surface area (Å²) in [4.78, 5) is 44.5. The summed E-state index contributed by atoms with van der Waals surface area (Å²) in [5.41, 5.74) is 0.841. The molecule has 1 spiro atoms. The van der Waals surface area contributed by atoms with Gasteiger partial charge in [0.05, 0.1) is 17.5 Å². The van der Waals surface area contributed by atoms with Crippen LogP contribution in [0.5, 0.6) is 0 Å². The molecule has 0 unspecified atom stereocenters. The van der Waals surface area contributed by atoms with Gasteiger partial charge in [0, 0.05) is 23.8 Å². The van der Waals surface area contributed by atoms with Crippen LogP contribution in [0.1, 0.15) is 25.8 Å². The molecule has 0 aromatic heterocycles. The fraction of sp³-hybridized carbons (Fsp3) is 0.346. The first kappa shape index (κ1) is 20.6. The minimum absolute atomic E-state index is 0.184. The first-order valence-corrected chi connectivity index (χ1v) is 11.1. The molecule has 3 aliphatic rings. The van der Waals surface area contributed by atoms with Gasteiger partial charge in [0.25, 0.3) is 5.91 Å². The number of amides is 3. The van der Waals surface area contributed by atoms with E-state index in [1.54, 1.807) is 23.1 Å². The maximum atomic E-state index is 14.0. The summed E-state index contributed by atoms with van der Waals surface area (Å²) in [5.74, 6) is -1.81. The van der Waals surface area contributed by atoms with Gasteiger partial charge in [0.2, 0.25) is 11.8 Å². The van der Waals surface area contributed by atoms with Gasteiger partial charge >= 0.3 is 0 Å². The molecule has 3 aliphatic heterocycles. The van der Waals surface area contributed by atoms with Crippen molar-refractivity contribution in [2.75, 3.05) is 16.3 Å². The minimum Gasteiger partial charge on any atom is -0.306 e. The molecule has 6 nitrogen and oxygen atoms in total. The fourth-order valence-corrected chi connectivity index (χ4v) is 5.80. The molecule has 0 bridgehead atoms. The van der Waals surface area contributed by atoms with Crippen molar-refractivity contribution < 1.29 is 14.4 Å². The molecule has 1 N–H and O–H groups in total. The Morgan fingerprint density at radius 3 is 2.41 bits per heavy atom. The number of benzene rings is 2. The van der Waals surface area contributed by atoms with Crippen molar-refractivity contribution in [2.45, 2.75) is 31.8 Å². The van der Waals surface area contributed by atoms with Crippen LogP contribution in [-0.4, -0.2) is 30.3 Å². The molecule has 0 radical (unpaired) electrons. The second-order valence-corrected chi connectivity index (χ2v) is 9.26. The van der Waals surface area contributed by atoms with E-state index >= 15 is 0 Å². The monoisotopic (exact) mass is 429 g/mol. The lowest BCUT2D eigenvalue weighted by molar-refractivity contribution is -0.132. The number of hydrogen-bond acceptors (Lipinski definition) is 4. The largest absolute Gasteiger partial charge is 0.306 e. The summed E-state index contributed by atoms with van der Waals surface area (Å²) in [7, 11) is 0. The van der Waals surface area contributed by atoms with Gasteiger partial charge in [-0.15, -0.1) is 6.58 Å². The van der Waals surface area contributed by atoms with Crippen LogP contribution in [0.15, 0.2) is 67.3 Å². The Morgan fingerprint density at radius 1 is 1.03 bits per heavy atom. The number of fused-ring (bicyclic) bond motifs is 4. The number of rotatable bonds is 5. The first-order chi connectivity index (χ1) is 15.4. The number of imide groups is 1. The van der Waals surface area contributed by atoms with Crippen molar-refractivity contribution in [1.82, 2.24) is 5.32 Å². The number of anilines is 2. The lowest BCUT2D eigenvalue weighted by Crippen LogP contribution is -2.55. The number of carbonyl (C=O) groups excluding carboxylic acids is 3. The highest BCUT2D eigenvalue weighted by Crippen LogP contribution is 2.55. The number of nitrogens with one attached hydrogen (secondary N) is 1. The van der Waals surface area contributed by atoms with E-state index in [9.17, 15) is 14.4 Å². The summed E-state index contributed by atoms with van der Waals surface area (Å²) in [6.07, 6.45) is 2.38. The second kappa shape index (κ2) is 7.41. The van der Waals surface area contributed by atoms with Gasteiger partial charge in [-0.2, -0.15) is 0 Å². The van der Waals surface area contributed by atoms with Crippen LogP contribution in [0.4, 0.5) is 11.4 Å². The van der Waals surface area contributed by atoms with Crippen LogP contribution in [0.3, 0.4) is 0 Å². The normalized spacial score (nSPS) is 28.7. The van der Waals surface area contributed by atoms with Crippen molar-refractivity contribution >= 4 is 29.1 Å². The molecule has 0 saturated carbocycles. The van der Waals surface area contributed by atoms with E-state index in [1.165, 1.54) is 4.90 Å². The third-order valence-corrected chi connectivity index (χ3v) is 6.92. The fourth-order valence-electron chi connectivity index (χ4n) is 5.80. The molecule has 3 amide bonds. The van der Waals surface area contributed by atoms with Crippen molar-refractivity contribution in [2.24, 2.45) is 17.8 Å². The standard InChI is InChI=1S/C26H27N3O3/c1-4-14-28-20-13-9-8-12-18(20)26(25(28)32)22-21(19(27-26)15-16(2)3)23(30)29(24(22)31)17-10-6-5-7-11-17/h4-13,16,19,21-22,27H,1,14-15H2,2-3H3/t19-,21+,22-,26+/m1/s1. The van der Waals surface area contributed by atoms with Crippen molar-refractivity contribution in [3.8, 4) is 0 Å². The van der Waals surface area contributed by atoms with E-state index in [0.29, 0.717) is 24.6 Å². The van der Waals surface area contributed by atoms with Gasteiger partial charge in [-0.25, -0.2) is 4.90 Å². The molecule has 6 heteroatoms. The average molecular weight is 430 g/mol. The molecule has 4 atom stereocenters. The molecule has 5 rings (SSSR count). The van der Waals surface area contributed by atoms with Crippen molar-refractivity contribution in [3.63, 3.8) is 0 Å². The van der Waals surface area contributed by atoms with Crippen LogP contribution < -0.4 is 15.1 Å². The third-order valence-electron chi connectivity index (χ3n) is 6.92. The Labute approximate surface area is 187 Å². The smallest absolute Gasteiger partial charge is 0.253 e. The zero-order valence-electron chi connectivity index (χ0n) is 18.3. The van der Waals surface area contributed by atoms with Gasteiger partial charge in [-0.05, 0) is 30.5 Å². The molecule has 2 aromatic rings. The van der Waals surface area contributed by atoms with Crippen LogP contribution in [0.2, 0.25) is 0 Å². The highest BCUT2D eigenvalue weighted by Gasteiger charge is 2.71. The highest BCUT2D eigenvalue weighted by molar-refractivity contribution is 6.26. The zero-order chi connectivity index (χ0) is 22.6. The molecule has 3 heterocycles. The second-order valence-electron chi connectivity index (χ2n) is 9.26. The molecule has 164 valence electrons. The average Bonchev–Trinajstić information content (AvgIpc) is 3.33. The minimum atomic E-state index is -1.25. The molecule has 0 aliphatic carbocycles. The number of nitrogens with zero attached hydrogens (tertiary/aromatic N) is 2. The van der Waals surface area contributed by atoms with Crippen LogP contribution in [0, 0.1) is 17.8 Å². The summed E-state index contributed by atoms with van der Waals surface area (Å²) in [6, 6.07) is 16.3. The molecular formula is C26H27N3O3. The predicted octanol–water partition coefficient (Wildman–Crippen LogP) is 3.24. The SMILES string of the molecule is C=CCN1C(=O)[C@]2(N[C@H](CC(C)C)[C@@H]3C(=O)N(c4ccccc4)C(=O)[C@@H]32)c2ccccc21. The summed E-state index contributed by atoms with van der Waals surface area (Å²) in [6.45, 7) is 8.33. The van der Waals surface area contributed by atoms with E-state index < -0.39 is 17.4 Å². The van der Waals surface area contributed by atoms with Crippen molar-refractivity contribution in [3.05, 3.63) is 72.8 Å². The number of carbonyl (C=O) groups is 3. The van der Waals surface area contributed by atoms with Gasteiger partial charge < -0.3 is 4.90 Å². The molecule has 2 saturated heterocycles. The maximum absolute atomic E-state index is 14.0. The number of hydrogen-bond donors (Lipinski definition) is 1. The van der Waals surface area contributed by atoms with Gasteiger partial charge in [-0.3, -0.25) is 19.7 Å². The topological polar surface area (TPSA) is 69.7 Å². The third kappa shape index (κ3) is 2.65. The Bertz CT molecular complexity index is 1110. The van der Waals surface area contributed by atoms with E-state index in [2.05, 4.69) is 25.7 Å². The van der Waals surface area contributed by atoms with E-state index in [4.69, 9.17) is 0 Å². The first-order valence-electron chi connectivity index (χ1n) is 11.1. The van der Waals surface area contributed by atoms with E-state index in [-0.39, 0.29) is 23.8 Å². The Hall–Kier alpha value is -3.25. The van der Waals surface area contributed by atoms with Crippen LogP contribution in [-0.2, 0) is 19.9 Å². The lowest BCUT2D eigenvalue weighted by atomic mass is 9.76. The van der Waals surface area contributed by atoms with Crippen molar-refractivity contribution in [1.29, 1.82) is 0 Å². The Balaban J connectivity index is 1.69. The summed E-state index contributed by atoms with van der Waals surface area (Å²) >= 11 is 0. The molecular weight excluding hydrogens is 402 g/mol.